The van der Waals surface area contributed by atoms with Crippen molar-refractivity contribution >= 4 is 21.4 Å². The average Bonchev–Trinajstić information content (AvgIpc) is 3.37. The smallest absolute Gasteiger partial charge is 0.345 e. The molecular weight excluding hydrogens is 554 g/mol. The predicted octanol–water partition coefficient (Wildman–Crippen LogP) is 4.29. The first-order valence-corrected chi connectivity index (χ1v) is 14.7. The zero-order valence-corrected chi connectivity index (χ0v) is 23.1. The van der Waals surface area contributed by atoms with Gasteiger partial charge in [-0.3, -0.25) is 4.79 Å². The zero-order valence-electron chi connectivity index (χ0n) is 22.3. The quantitative estimate of drug-likeness (QED) is 0.333. The molecule has 12 heteroatoms. The molecule has 0 aliphatic carbocycles. The fourth-order valence-corrected chi connectivity index (χ4v) is 5.90. The van der Waals surface area contributed by atoms with E-state index in [0.717, 1.165) is 0 Å². The number of sulfone groups is 1. The summed E-state index contributed by atoms with van der Waals surface area (Å²) in [6.45, 7) is -1.33. The van der Waals surface area contributed by atoms with Gasteiger partial charge < -0.3 is 20.1 Å². The third-order valence-electron chi connectivity index (χ3n) is 7.04. The number of alkyl halides is 2. The molecule has 9 nitrogen and oxygen atoms in total. The molecule has 216 valence electrons. The van der Waals surface area contributed by atoms with Gasteiger partial charge in [0.15, 0.2) is 9.84 Å². The number of rotatable bonds is 12. The highest BCUT2D eigenvalue weighted by molar-refractivity contribution is 7.91. The van der Waals surface area contributed by atoms with Crippen LogP contribution in [0.15, 0.2) is 71.8 Å². The SMILES string of the molecule is CCS(=O)(=O)c1ccc([C@H](CC#N)c2cc(N3C[C@@H](Oc4ccccn4)C[C@H]3COC(F)F)ccc2C(N)=O)cc1. The molecule has 2 heterocycles. The van der Waals surface area contributed by atoms with Crippen LogP contribution in [-0.2, 0) is 14.6 Å². The van der Waals surface area contributed by atoms with Crippen molar-refractivity contribution in [2.75, 3.05) is 23.8 Å². The lowest BCUT2D eigenvalue weighted by atomic mass is 9.85. The summed E-state index contributed by atoms with van der Waals surface area (Å²) in [5, 5.41) is 9.65. The Morgan fingerprint density at radius 3 is 2.56 bits per heavy atom. The standard InChI is InChI=1S/C29H30F2N4O5S/c1-2-41(37,38)23-9-6-19(7-10-23)24(12-13-32)26-16-20(8-11-25(26)28(33)36)35-17-22(15-21(35)18-39-29(30)31)40-27-5-3-4-14-34-27/h3-11,14,16,21-22,24,29H,2,12,15,17-18H2,1H3,(H2,33,36)/t21-,22-,24-/m0/s1. The van der Waals surface area contributed by atoms with Gasteiger partial charge in [0.25, 0.3) is 0 Å². The number of nitrogens with zero attached hydrogens (tertiary/aromatic N) is 3. The summed E-state index contributed by atoms with van der Waals surface area (Å²) in [5.74, 6) is -0.964. The number of anilines is 1. The van der Waals surface area contributed by atoms with Crippen LogP contribution in [0.5, 0.6) is 5.88 Å². The van der Waals surface area contributed by atoms with Gasteiger partial charge >= 0.3 is 6.61 Å². The van der Waals surface area contributed by atoms with Crippen LogP contribution in [0.1, 0.15) is 47.2 Å². The second kappa shape index (κ2) is 13.1. The molecule has 0 unspecified atom stereocenters. The molecule has 3 aromatic rings. The first kappa shape index (κ1) is 29.9. The molecule has 0 spiro atoms. The maximum Gasteiger partial charge on any atom is 0.345 e. The number of carbonyl (C=O) groups excluding carboxylic acids is 1. The lowest BCUT2D eigenvalue weighted by molar-refractivity contribution is -0.131. The van der Waals surface area contributed by atoms with Crippen LogP contribution in [0.3, 0.4) is 0 Å². The van der Waals surface area contributed by atoms with E-state index in [1.165, 1.54) is 12.1 Å². The fourth-order valence-electron chi connectivity index (χ4n) is 5.02. The molecule has 1 aliphatic heterocycles. The number of amides is 1. The Balaban J connectivity index is 1.71. The van der Waals surface area contributed by atoms with Gasteiger partial charge in [0.2, 0.25) is 11.8 Å². The van der Waals surface area contributed by atoms with E-state index in [-0.39, 0.29) is 35.3 Å². The summed E-state index contributed by atoms with van der Waals surface area (Å²) in [7, 11) is -3.43. The van der Waals surface area contributed by atoms with E-state index in [0.29, 0.717) is 35.7 Å². The molecular formula is C29H30F2N4O5S. The van der Waals surface area contributed by atoms with Crippen LogP contribution in [-0.4, -0.2) is 57.0 Å². The summed E-state index contributed by atoms with van der Waals surface area (Å²) in [6, 6.07) is 18.0. The van der Waals surface area contributed by atoms with Gasteiger partial charge in [-0.2, -0.15) is 14.0 Å². The molecule has 2 aromatic carbocycles. The highest BCUT2D eigenvalue weighted by Gasteiger charge is 2.35. The van der Waals surface area contributed by atoms with E-state index >= 15 is 0 Å². The first-order chi connectivity index (χ1) is 19.6. The van der Waals surface area contributed by atoms with Gasteiger partial charge in [-0.05, 0) is 47.5 Å². The van der Waals surface area contributed by atoms with E-state index in [1.807, 2.05) is 4.90 Å². The van der Waals surface area contributed by atoms with Gasteiger partial charge in [0, 0.05) is 42.3 Å². The largest absolute Gasteiger partial charge is 0.472 e. The molecule has 3 atom stereocenters. The summed E-state index contributed by atoms with van der Waals surface area (Å²) >= 11 is 0. The van der Waals surface area contributed by atoms with Gasteiger partial charge in [0.05, 0.1) is 35.9 Å². The fraction of sp³-hybridized carbons (Fsp3) is 0.345. The Bertz CT molecular complexity index is 1500. The van der Waals surface area contributed by atoms with E-state index in [1.54, 1.807) is 61.7 Å². The Hall–Kier alpha value is -4.08. The number of nitriles is 1. The third-order valence-corrected chi connectivity index (χ3v) is 8.79. The minimum absolute atomic E-state index is 0.0209. The van der Waals surface area contributed by atoms with Crippen molar-refractivity contribution in [2.45, 2.75) is 49.3 Å². The van der Waals surface area contributed by atoms with Crippen LogP contribution in [0, 0.1) is 11.3 Å². The Labute approximate surface area is 237 Å². The molecule has 1 fully saturated rings. The van der Waals surface area contributed by atoms with Gasteiger partial charge in [-0.1, -0.05) is 25.1 Å². The van der Waals surface area contributed by atoms with Crippen LogP contribution < -0.4 is 15.4 Å². The van der Waals surface area contributed by atoms with E-state index in [9.17, 15) is 27.3 Å². The van der Waals surface area contributed by atoms with Crippen LogP contribution in [0.2, 0.25) is 0 Å². The van der Waals surface area contributed by atoms with E-state index in [4.69, 9.17) is 10.5 Å². The maximum absolute atomic E-state index is 13.0. The Kier molecular flexibility index (Phi) is 9.52. The van der Waals surface area contributed by atoms with Crippen molar-refractivity contribution in [1.29, 1.82) is 5.26 Å². The number of nitrogens with two attached hydrogens (primary N) is 1. The normalized spacial score (nSPS) is 17.8. The van der Waals surface area contributed by atoms with Gasteiger partial charge in [-0.25, -0.2) is 13.4 Å². The predicted molar refractivity (Wildman–Crippen MR) is 148 cm³/mol. The van der Waals surface area contributed by atoms with Crippen molar-refractivity contribution < 1.29 is 31.5 Å². The van der Waals surface area contributed by atoms with Crippen molar-refractivity contribution in [3.8, 4) is 11.9 Å². The second-order valence-electron chi connectivity index (χ2n) is 9.57. The summed E-state index contributed by atoms with van der Waals surface area (Å²) in [6.07, 6.45) is 1.57. The number of hydrogen-bond donors (Lipinski definition) is 1. The molecule has 1 aromatic heterocycles. The maximum atomic E-state index is 13.0. The Morgan fingerprint density at radius 2 is 1.95 bits per heavy atom. The molecule has 41 heavy (non-hydrogen) atoms. The minimum Gasteiger partial charge on any atom is -0.472 e. The van der Waals surface area contributed by atoms with Gasteiger partial charge in [-0.15, -0.1) is 0 Å². The Morgan fingerprint density at radius 1 is 1.20 bits per heavy atom. The van der Waals surface area contributed by atoms with Crippen LogP contribution in [0.25, 0.3) is 0 Å². The highest BCUT2D eigenvalue weighted by atomic mass is 32.2. The lowest BCUT2D eigenvalue weighted by Gasteiger charge is -2.28. The second-order valence-corrected chi connectivity index (χ2v) is 11.8. The topological polar surface area (TPSA) is 136 Å². The highest BCUT2D eigenvalue weighted by Crippen LogP contribution is 2.36. The van der Waals surface area contributed by atoms with Crippen LogP contribution in [0.4, 0.5) is 14.5 Å². The van der Waals surface area contributed by atoms with E-state index < -0.39 is 34.3 Å². The molecule has 0 radical (unpaired) electrons. The van der Waals surface area contributed by atoms with Crippen molar-refractivity contribution in [3.63, 3.8) is 0 Å². The first-order valence-electron chi connectivity index (χ1n) is 13.0. The summed E-state index contributed by atoms with van der Waals surface area (Å²) in [4.78, 5) is 18.6. The molecule has 1 saturated heterocycles. The van der Waals surface area contributed by atoms with E-state index in [2.05, 4.69) is 15.8 Å². The van der Waals surface area contributed by atoms with Crippen molar-refractivity contribution in [1.82, 2.24) is 4.98 Å². The summed E-state index contributed by atoms with van der Waals surface area (Å²) < 4.78 is 61.2. The van der Waals surface area contributed by atoms with Crippen molar-refractivity contribution in [3.05, 3.63) is 83.6 Å². The lowest BCUT2D eigenvalue weighted by Crippen LogP contribution is -2.34. The molecule has 4 rings (SSSR count). The molecule has 2 N–H and O–H groups in total. The third kappa shape index (κ3) is 7.17. The number of aromatic nitrogens is 1. The van der Waals surface area contributed by atoms with Crippen LogP contribution >= 0.6 is 0 Å². The number of ether oxygens (including phenoxy) is 2. The molecule has 1 amide bonds. The number of benzene rings is 2. The minimum atomic E-state index is -3.43. The summed E-state index contributed by atoms with van der Waals surface area (Å²) in [5.41, 5.74) is 7.58. The number of primary amides is 1. The zero-order chi connectivity index (χ0) is 29.6. The number of halogens is 2. The average molecular weight is 585 g/mol. The number of carbonyl (C=O) groups is 1. The molecule has 0 bridgehead atoms. The molecule has 0 saturated carbocycles. The monoisotopic (exact) mass is 584 g/mol. The van der Waals surface area contributed by atoms with Gasteiger partial charge in [0.1, 0.15) is 6.10 Å². The van der Waals surface area contributed by atoms with Crippen molar-refractivity contribution in [2.24, 2.45) is 5.73 Å². The molecule has 1 aliphatic rings. The number of hydrogen-bond acceptors (Lipinski definition) is 8. The number of pyridine rings is 1.